The summed E-state index contributed by atoms with van der Waals surface area (Å²) in [5.74, 6) is -0.0445. The first-order valence-corrected chi connectivity index (χ1v) is 7.16. The number of nitrogens with zero attached hydrogens (tertiary/aromatic N) is 1. The summed E-state index contributed by atoms with van der Waals surface area (Å²) in [4.78, 5) is 43.9. The van der Waals surface area contributed by atoms with E-state index >= 15 is 0 Å². The second-order valence-electron chi connectivity index (χ2n) is 4.57. The van der Waals surface area contributed by atoms with E-state index in [2.05, 4.69) is 14.8 Å². The van der Waals surface area contributed by atoms with E-state index in [1.165, 1.54) is 20.1 Å². The number of methoxy groups -OCH3 is 3. The zero-order valence-electron chi connectivity index (χ0n) is 14.6. The molecule has 0 radical (unpaired) electrons. The van der Waals surface area contributed by atoms with E-state index in [1.807, 2.05) is 6.92 Å². The fraction of sp³-hybridized carbons (Fsp3) is 0.400. The van der Waals surface area contributed by atoms with Gasteiger partial charge < -0.3 is 19.5 Å². The van der Waals surface area contributed by atoms with E-state index in [1.54, 1.807) is 6.07 Å². The molecule has 10 nitrogen and oxygen atoms in total. The van der Waals surface area contributed by atoms with Gasteiger partial charge in [-0.2, -0.15) is 0 Å². The molecule has 1 amide bonds. The van der Waals surface area contributed by atoms with Crippen LogP contribution in [0.25, 0.3) is 0 Å². The average Bonchev–Trinajstić information content (AvgIpc) is 2.59. The molecule has 0 bridgehead atoms. The first kappa shape index (κ1) is 19.9. The summed E-state index contributed by atoms with van der Waals surface area (Å²) in [7, 11) is 3.56. The van der Waals surface area contributed by atoms with E-state index in [0.717, 1.165) is 14.2 Å². The minimum atomic E-state index is -1.14. The Balaban J connectivity index is 3.43. The average molecular weight is 356 g/mol. The van der Waals surface area contributed by atoms with Crippen molar-refractivity contribution in [2.24, 2.45) is 0 Å². The molecule has 1 aromatic carbocycles. The van der Waals surface area contributed by atoms with Crippen molar-refractivity contribution in [3.63, 3.8) is 0 Å². The standard InChI is InChI=1S/C15H20N2O8/c1-6-10-7-11(16-9(2)18)8-12(13(10)21-3)17(24-14(19)22-4)25-15(20)23-5/h7-8H,6H2,1-5H3,(H,16,18). The third-order valence-corrected chi connectivity index (χ3v) is 2.90. The van der Waals surface area contributed by atoms with Gasteiger partial charge in [0.2, 0.25) is 5.91 Å². The molecule has 0 saturated heterocycles. The second kappa shape index (κ2) is 9.21. The SMILES string of the molecule is CCc1cc(NC(C)=O)cc(N(OC(=O)OC)OC(=O)OC)c1OC. The number of rotatable bonds is 6. The first-order valence-electron chi connectivity index (χ1n) is 7.16. The van der Waals surface area contributed by atoms with Crippen LogP contribution in [0.4, 0.5) is 21.0 Å². The molecular formula is C15H20N2O8. The first-order chi connectivity index (χ1) is 11.9. The van der Waals surface area contributed by atoms with Gasteiger partial charge in [-0.3, -0.25) is 14.5 Å². The summed E-state index contributed by atoms with van der Waals surface area (Å²) in [5.41, 5.74) is 1.09. The highest BCUT2D eigenvalue weighted by Gasteiger charge is 2.25. The van der Waals surface area contributed by atoms with Crippen LogP contribution in [0.5, 0.6) is 5.75 Å². The zero-order chi connectivity index (χ0) is 19.0. The van der Waals surface area contributed by atoms with Gasteiger partial charge in [-0.05, 0) is 29.3 Å². The molecule has 25 heavy (non-hydrogen) atoms. The summed E-state index contributed by atoms with van der Waals surface area (Å²) >= 11 is 0. The molecule has 0 spiro atoms. The van der Waals surface area contributed by atoms with Gasteiger partial charge in [0, 0.05) is 12.6 Å². The summed E-state index contributed by atoms with van der Waals surface area (Å²) < 4.78 is 14.1. The number of amides is 1. The molecule has 0 unspecified atom stereocenters. The monoisotopic (exact) mass is 356 g/mol. The number of hydrogen-bond acceptors (Lipinski definition) is 9. The maximum Gasteiger partial charge on any atom is 0.535 e. The Morgan fingerprint density at radius 1 is 1.04 bits per heavy atom. The third-order valence-electron chi connectivity index (χ3n) is 2.90. The van der Waals surface area contributed by atoms with Crippen molar-refractivity contribution in [2.45, 2.75) is 20.3 Å². The maximum absolute atomic E-state index is 11.5. The summed E-state index contributed by atoms with van der Waals surface area (Å²) in [6, 6.07) is 3.07. The number of benzene rings is 1. The highest BCUT2D eigenvalue weighted by Crippen LogP contribution is 2.36. The predicted octanol–water partition coefficient (Wildman–Crippen LogP) is 2.42. The molecule has 1 rings (SSSR count). The lowest BCUT2D eigenvalue weighted by Gasteiger charge is -2.23. The van der Waals surface area contributed by atoms with Gasteiger partial charge in [0.15, 0.2) is 11.4 Å². The van der Waals surface area contributed by atoms with Gasteiger partial charge >= 0.3 is 12.3 Å². The van der Waals surface area contributed by atoms with E-state index in [9.17, 15) is 14.4 Å². The van der Waals surface area contributed by atoms with Crippen molar-refractivity contribution in [3.05, 3.63) is 17.7 Å². The number of carbonyl (C=O) groups is 3. The summed E-state index contributed by atoms with van der Waals surface area (Å²) in [6.45, 7) is 3.19. The topological polar surface area (TPSA) is 113 Å². The van der Waals surface area contributed by atoms with Crippen molar-refractivity contribution >= 4 is 29.6 Å². The normalized spacial score (nSPS) is 9.64. The summed E-state index contributed by atoms with van der Waals surface area (Å²) in [6.07, 6.45) is -1.77. The molecule has 0 heterocycles. The minimum Gasteiger partial charge on any atom is -0.494 e. The van der Waals surface area contributed by atoms with Crippen LogP contribution in [0.2, 0.25) is 0 Å². The van der Waals surface area contributed by atoms with Crippen LogP contribution in [0, 0.1) is 0 Å². The molecule has 10 heteroatoms. The van der Waals surface area contributed by atoms with E-state index in [-0.39, 0.29) is 17.3 Å². The second-order valence-corrected chi connectivity index (χ2v) is 4.57. The molecule has 0 aromatic heterocycles. The molecule has 0 aliphatic rings. The number of carbonyl (C=O) groups excluding carboxylic acids is 3. The van der Waals surface area contributed by atoms with Crippen molar-refractivity contribution < 1.29 is 38.3 Å². The van der Waals surface area contributed by atoms with Gasteiger partial charge in [-0.25, -0.2) is 9.59 Å². The van der Waals surface area contributed by atoms with Gasteiger partial charge in [0.25, 0.3) is 0 Å². The van der Waals surface area contributed by atoms with Crippen LogP contribution >= 0.6 is 0 Å². The predicted molar refractivity (Wildman–Crippen MR) is 86.1 cm³/mol. The number of ether oxygens (including phenoxy) is 3. The van der Waals surface area contributed by atoms with Gasteiger partial charge in [-0.1, -0.05) is 6.92 Å². The number of anilines is 2. The van der Waals surface area contributed by atoms with Gasteiger partial charge in [0.1, 0.15) is 0 Å². The van der Waals surface area contributed by atoms with Crippen LogP contribution in [-0.2, 0) is 30.4 Å². The van der Waals surface area contributed by atoms with Crippen LogP contribution in [-0.4, -0.2) is 39.5 Å². The van der Waals surface area contributed by atoms with Crippen LogP contribution in [0.3, 0.4) is 0 Å². The zero-order valence-corrected chi connectivity index (χ0v) is 14.6. The Morgan fingerprint density at radius 3 is 2.00 bits per heavy atom. The van der Waals surface area contributed by atoms with E-state index in [0.29, 0.717) is 22.9 Å². The Hall–Kier alpha value is -3.17. The molecule has 0 atom stereocenters. The molecule has 138 valence electrons. The lowest BCUT2D eigenvalue weighted by molar-refractivity contribution is -0.114. The fourth-order valence-electron chi connectivity index (χ4n) is 1.91. The number of hydrogen-bond donors (Lipinski definition) is 1. The van der Waals surface area contributed by atoms with Crippen LogP contribution in [0.1, 0.15) is 19.4 Å². The van der Waals surface area contributed by atoms with Crippen molar-refractivity contribution in [2.75, 3.05) is 31.9 Å². The Morgan fingerprint density at radius 2 is 1.60 bits per heavy atom. The highest BCUT2D eigenvalue weighted by atomic mass is 17.0. The molecular weight excluding hydrogens is 336 g/mol. The Bertz CT molecular complexity index is 629. The Kier molecular flexibility index (Phi) is 7.32. The third kappa shape index (κ3) is 5.44. The smallest absolute Gasteiger partial charge is 0.494 e. The van der Waals surface area contributed by atoms with E-state index in [4.69, 9.17) is 14.4 Å². The van der Waals surface area contributed by atoms with Crippen molar-refractivity contribution in [1.29, 1.82) is 0 Å². The quantitative estimate of drug-likeness (QED) is 0.606. The molecule has 0 fully saturated rings. The van der Waals surface area contributed by atoms with Gasteiger partial charge in [-0.15, -0.1) is 0 Å². The van der Waals surface area contributed by atoms with Crippen molar-refractivity contribution in [3.8, 4) is 5.75 Å². The fourth-order valence-corrected chi connectivity index (χ4v) is 1.91. The molecule has 0 aliphatic heterocycles. The lowest BCUT2D eigenvalue weighted by atomic mass is 10.1. The number of nitrogens with one attached hydrogen (secondary N) is 1. The van der Waals surface area contributed by atoms with Crippen LogP contribution in [0.15, 0.2) is 12.1 Å². The summed E-state index contributed by atoms with van der Waals surface area (Å²) in [5, 5.41) is 3.08. The minimum absolute atomic E-state index is 0.0430. The number of aryl methyl sites for hydroxylation is 1. The maximum atomic E-state index is 11.5. The van der Waals surface area contributed by atoms with Crippen LogP contribution < -0.4 is 15.3 Å². The van der Waals surface area contributed by atoms with Gasteiger partial charge in [0.05, 0.1) is 21.3 Å². The largest absolute Gasteiger partial charge is 0.535 e. The lowest BCUT2D eigenvalue weighted by Crippen LogP contribution is -2.31. The van der Waals surface area contributed by atoms with Crippen molar-refractivity contribution in [1.82, 2.24) is 0 Å². The molecule has 1 aromatic rings. The van der Waals surface area contributed by atoms with E-state index < -0.39 is 12.3 Å². The molecule has 0 saturated carbocycles. The molecule has 0 aliphatic carbocycles. The Labute approximate surface area is 144 Å². The highest BCUT2D eigenvalue weighted by molar-refractivity contribution is 5.90. The molecule has 1 N–H and O–H groups in total.